The molecule has 130 valence electrons. The predicted octanol–water partition coefficient (Wildman–Crippen LogP) is 2.66. The summed E-state index contributed by atoms with van der Waals surface area (Å²) in [5, 5.41) is 1.21. The summed E-state index contributed by atoms with van der Waals surface area (Å²) in [5.41, 5.74) is 3.66. The van der Waals surface area contributed by atoms with Gasteiger partial charge in [-0.15, -0.1) is 0 Å². The zero-order valence-electron chi connectivity index (χ0n) is 14.6. The molecule has 0 N–H and O–H groups in total. The van der Waals surface area contributed by atoms with Crippen molar-refractivity contribution in [2.24, 2.45) is 13.0 Å². The fourth-order valence-electron chi connectivity index (χ4n) is 3.57. The Balaban J connectivity index is 1.45. The van der Waals surface area contributed by atoms with Crippen LogP contribution in [0.15, 0.2) is 49.1 Å². The molecule has 1 atom stereocenters. The number of hydrogen-bond donors (Lipinski definition) is 0. The Morgan fingerprint density at radius 2 is 2.24 bits per heavy atom. The average molecular weight is 336 g/mol. The quantitative estimate of drug-likeness (QED) is 0.735. The molecule has 1 aliphatic heterocycles. The summed E-state index contributed by atoms with van der Waals surface area (Å²) in [7, 11) is 2.05. The minimum atomic E-state index is 0.504. The summed E-state index contributed by atoms with van der Waals surface area (Å²) in [6, 6.07) is 10.7. The highest BCUT2D eigenvalue weighted by Gasteiger charge is 2.20. The van der Waals surface area contributed by atoms with Gasteiger partial charge in [0.15, 0.2) is 0 Å². The van der Waals surface area contributed by atoms with Crippen molar-refractivity contribution in [2.45, 2.75) is 13.0 Å². The van der Waals surface area contributed by atoms with Crippen LogP contribution in [0.25, 0.3) is 10.9 Å². The third-order valence-corrected chi connectivity index (χ3v) is 4.92. The molecule has 0 spiro atoms. The highest BCUT2D eigenvalue weighted by molar-refractivity contribution is 5.78. The minimum absolute atomic E-state index is 0.504. The lowest BCUT2D eigenvalue weighted by Gasteiger charge is -2.23. The number of rotatable bonds is 4. The molecule has 3 heterocycles. The molecule has 3 aromatic rings. The first-order chi connectivity index (χ1) is 12.3. The molecule has 1 saturated heterocycles. The molecule has 0 amide bonds. The van der Waals surface area contributed by atoms with Crippen molar-refractivity contribution in [1.29, 1.82) is 0 Å². The lowest BCUT2D eigenvalue weighted by molar-refractivity contribution is 0.121. The summed E-state index contributed by atoms with van der Waals surface area (Å²) >= 11 is 0. The number of benzene rings is 1. The van der Waals surface area contributed by atoms with E-state index in [1.807, 2.05) is 24.8 Å². The Morgan fingerprint density at radius 1 is 1.28 bits per heavy atom. The van der Waals surface area contributed by atoms with Gasteiger partial charge in [0.25, 0.3) is 0 Å². The van der Waals surface area contributed by atoms with Gasteiger partial charge < -0.3 is 9.30 Å². The number of imidazole rings is 1. The maximum Gasteiger partial charge on any atom is 0.0945 e. The average Bonchev–Trinajstić information content (AvgIpc) is 2.89. The van der Waals surface area contributed by atoms with Crippen molar-refractivity contribution in [3.63, 3.8) is 0 Å². The Morgan fingerprint density at radius 3 is 3.12 bits per heavy atom. The van der Waals surface area contributed by atoms with Gasteiger partial charge in [0.05, 0.1) is 30.8 Å². The Bertz CT molecular complexity index is 844. The number of pyridine rings is 1. The first-order valence-corrected chi connectivity index (χ1v) is 8.87. The summed E-state index contributed by atoms with van der Waals surface area (Å²) in [6.45, 7) is 4.58. The fourth-order valence-corrected chi connectivity index (χ4v) is 3.57. The van der Waals surface area contributed by atoms with Crippen LogP contribution in [0, 0.1) is 5.92 Å². The lowest BCUT2D eigenvalue weighted by Crippen LogP contribution is -2.31. The molecular formula is C20H24N4O. The monoisotopic (exact) mass is 336 g/mol. The van der Waals surface area contributed by atoms with Gasteiger partial charge in [-0.2, -0.15) is 0 Å². The van der Waals surface area contributed by atoms with E-state index in [9.17, 15) is 0 Å². The van der Waals surface area contributed by atoms with E-state index in [-0.39, 0.29) is 0 Å². The van der Waals surface area contributed by atoms with E-state index in [4.69, 9.17) is 4.74 Å². The van der Waals surface area contributed by atoms with Gasteiger partial charge in [-0.25, -0.2) is 4.98 Å². The topological polar surface area (TPSA) is 43.2 Å². The van der Waals surface area contributed by atoms with Crippen LogP contribution in [0.4, 0.5) is 0 Å². The number of aromatic nitrogens is 3. The van der Waals surface area contributed by atoms with E-state index in [1.165, 1.54) is 16.6 Å². The summed E-state index contributed by atoms with van der Waals surface area (Å²) in [4.78, 5) is 11.1. The van der Waals surface area contributed by atoms with Gasteiger partial charge in [0.2, 0.25) is 0 Å². The van der Waals surface area contributed by atoms with Crippen LogP contribution in [0.2, 0.25) is 0 Å². The summed E-state index contributed by atoms with van der Waals surface area (Å²) in [5.74, 6) is 0.504. The maximum atomic E-state index is 5.87. The zero-order chi connectivity index (χ0) is 17.1. The van der Waals surface area contributed by atoms with Crippen molar-refractivity contribution in [1.82, 2.24) is 19.4 Å². The van der Waals surface area contributed by atoms with Crippen LogP contribution in [0.3, 0.4) is 0 Å². The predicted molar refractivity (Wildman–Crippen MR) is 98.2 cm³/mol. The zero-order valence-corrected chi connectivity index (χ0v) is 14.6. The molecule has 1 aliphatic rings. The molecule has 0 aliphatic carbocycles. The number of hydrogen-bond acceptors (Lipinski definition) is 4. The number of ether oxygens (including phenoxy) is 1. The van der Waals surface area contributed by atoms with Gasteiger partial charge in [-0.05, 0) is 36.1 Å². The van der Waals surface area contributed by atoms with E-state index in [0.717, 1.165) is 44.8 Å². The van der Waals surface area contributed by atoms with E-state index in [1.54, 1.807) is 0 Å². The minimum Gasteiger partial charge on any atom is -0.380 e. The van der Waals surface area contributed by atoms with Crippen molar-refractivity contribution in [3.8, 4) is 0 Å². The third-order valence-electron chi connectivity index (χ3n) is 4.92. The second-order valence-corrected chi connectivity index (χ2v) is 6.91. The molecule has 2 aromatic heterocycles. The molecule has 5 nitrogen and oxygen atoms in total. The maximum absolute atomic E-state index is 5.87. The summed E-state index contributed by atoms with van der Waals surface area (Å²) in [6.07, 6.45) is 6.70. The van der Waals surface area contributed by atoms with E-state index in [2.05, 4.69) is 50.7 Å². The molecule has 0 bridgehead atoms. The highest BCUT2D eigenvalue weighted by Crippen LogP contribution is 2.19. The number of aryl methyl sites for hydroxylation is 1. The molecule has 1 unspecified atom stereocenters. The van der Waals surface area contributed by atoms with Crippen LogP contribution in [0.5, 0.6) is 0 Å². The number of fused-ring (bicyclic) bond motifs is 1. The molecule has 1 fully saturated rings. The molecular weight excluding hydrogens is 312 g/mol. The smallest absolute Gasteiger partial charge is 0.0945 e. The van der Waals surface area contributed by atoms with Crippen molar-refractivity contribution in [2.75, 3.05) is 26.3 Å². The molecule has 4 rings (SSSR count). The first-order valence-electron chi connectivity index (χ1n) is 8.87. The summed E-state index contributed by atoms with van der Waals surface area (Å²) < 4.78 is 7.96. The molecule has 0 saturated carbocycles. The highest BCUT2D eigenvalue weighted by atomic mass is 16.5. The fraction of sp³-hybridized carbons (Fsp3) is 0.400. The van der Waals surface area contributed by atoms with E-state index < -0.39 is 0 Å². The Hall–Kier alpha value is -2.24. The third kappa shape index (κ3) is 3.89. The number of nitrogens with zero attached hydrogens (tertiary/aromatic N) is 4. The van der Waals surface area contributed by atoms with Crippen molar-refractivity contribution in [3.05, 3.63) is 60.3 Å². The van der Waals surface area contributed by atoms with Crippen LogP contribution < -0.4 is 0 Å². The van der Waals surface area contributed by atoms with Crippen LogP contribution in [-0.2, 0) is 24.8 Å². The normalized spacial score (nSPS) is 19.2. The first kappa shape index (κ1) is 16.2. The van der Waals surface area contributed by atoms with Crippen LogP contribution in [0.1, 0.15) is 11.3 Å². The van der Waals surface area contributed by atoms with Gasteiger partial charge in [-0.1, -0.05) is 12.1 Å². The Labute approximate surface area is 148 Å². The molecule has 25 heavy (non-hydrogen) atoms. The molecule has 0 radical (unpaired) electrons. The van der Waals surface area contributed by atoms with Crippen LogP contribution in [-0.4, -0.2) is 45.7 Å². The standard InChI is InChI=1S/C20H24N4O/c1-23-15-21-11-19(23)13-24-7-8-25-14-17(12-24)9-16-4-5-20-18(10-16)3-2-6-22-20/h2-6,10-11,15,17H,7-9,12-14H2,1H3. The molecule has 1 aromatic carbocycles. The van der Waals surface area contributed by atoms with Gasteiger partial charge in [0.1, 0.15) is 0 Å². The van der Waals surface area contributed by atoms with Crippen molar-refractivity contribution >= 4 is 10.9 Å². The van der Waals surface area contributed by atoms with E-state index >= 15 is 0 Å². The van der Waals surface area contributed by atoms with Gasteiger partial charge in [-0.3, -0.25) is 9.88 Å². The van der Waals surface area contributed by atoms with Gasteiger partial charge >= 0.3 is 0 Å². The van der Waals surface area contributed by atoms with Crippen molar-refractivity contribution < 1.29 is 4.74 Å². The second kappa shape index (κ2) is 7.33. The van der Waals surface area contributed by atoms with E-state index in [0.29, 0.717) is 5.92 Å². The second-order valence-electron chi connectivity index (χ2n) is 6.91. The largest absolute Gasteiger partial charge is 0.380 e. The SMILES string of the molecule is Cn1cncc1CN1CCOCC(Cc2ccc3ncccc3c2)C1. The van der Waals surface area contributed by atoms with Crippen LogP contribution >= 0.6 is 0 Å². The lowest BCUT2D eigenvalue weighted by atomic mass is 9.98. The van der Waals surface area contributed by atoms with Gasteiger partial charge in [0, 0.05) is 44.5 Å². The molecule has 5 heteroatoms. The Kier molecular flexibility index (Phi) is 4.76.